The minimum Gasteiger partial charge on any atom is -0.409 e. The predicted molar refractivity (Wildman–Crippen MR) is 82.9 cm³/mol. The fourth-order valence-electron chi connectivity index (χ4n) is 2.32. The Labute approximate surface area is 119 Å². The first-order valence-corrected chi connectivity index (χ1v) is 6.42. The summed E-state index contributed by atoms with van der Waals surface area (Å²) in [5.74, 6) is 0.108. The first-order valence-electron chi connectivity index (χ1n) is 6.42. The molecule has 0 aliphatic carbocycles. The lowest BCUT2D eigenvalue weighted by molar-refractivity contribution is 0.318. The number of benzene rings is 2. The number of oxime groups is 1. The molecule has 0 radical (unpaired) electrons. The van der Waals surface area contributed by atoms with Gasteiger partial charge in [0.05, 0.1) is 5.69 Å². The zero-order valence-corrected chi connectivity index (χ0v) is 12.0. The van der Waals surface area contributed by atoms with Crippen molar-refractivity contribution < 1.29 is 5.21 Å². The number of hydrogen-bond donors (Lipinski definition) is 2. The van der Waals surface area contributed by atoms with Gasteiger partial charge in [-0.15, -0.1) is 0 Å². The molecule has 0 heterocycles. The number of rotatable bonds is 3. The molecule has 0 amide bonds. The zero-order valence-electron chi connectivity index (χ0n) is 12.0. The van der Waals surface area contributed by atoms with E-state index in [2.05, 4.69) is 37.2 Å². The molecule has 2 aromatic carbocycles. The fraction of sp³-hybridized carbons (Fsp3) is 0.188. The van der Waals surface area contributed by atoms with Crippen LogP contribution in [0.4, 0.5) is 11.4 Å². The summed E-state index contributed by atoms with van der Waals surface area (Å²) in [4.78, 5) is 2.04. The van der Waals surface area contributed by atoms with Gasteiger partial charge in [-0.25, -0.2) is 0 Å². The summed E-state index contributed by atoms with van der Waals surface area (Å²) in [6.45, 7) is 4.14. The highest BCUT2D eigenvalue weighted by molar-refractivity contribution is 6.02. The standard InChI is InChI=1S/C16H19N3O/c1-11-8-12(2)10-13(9-11)19(3)15-7-5-4-6-14(15)16(17)18-20/h4-10,20H,1-3H3,(H2,17,18). The van der Waals surface area contributed by atoms with E-state index >= 15 is 0 Å². The SMILES string of the molecule is Cc1cc(C)cc(N(C)c2ccccc2C(N)=NO)c1. The third kappa shape index (κ3) is 2.74. The van der Waals surface area contributed by atoms with Crippen molar-refractivity contribution in [3.8, 4) is 0 Å². The number of anilines is 2. The smallest absolute Gasteiger partial charge is 0.172 e. The van der Waals surface area contributed by atoms with E-state index in [9.17, 15) is 0 Å². The van der Waals surface area contributed by atoms with Crippen LogP contribution in [-0.2, 0) is 0 Å². The van der Waals surface area contributed by atoms with Crippen molar-refractivity contribution in [2.45, 2.75) is 13.8 Å². The number of nitrogens with zero attached hydrogens (tertiary/aromatic N) is 2. The van der Waals surface area contributed by atoms with Crippen LogP contribution >= 0.6 is 0 Å². The van der Waals surface area contributed by atoms with E-state index in [0.717, 1.165) is 11.4 Å². The molecule has 0 bridgehead atoms. The van der Waals surface area contributed by atoms with Crippen molar-refractivity contribution in [3.05, 3.63) is 59.2 Å². The largest absolute Gasteiger partial charge is 0.409 e. The molecule has 2 rings (SSSR count). The highest BCUT2D eigenvalue weighted by atomic mass is 16.4. The quantitative estimate of drug-likeness (QED) is 0.389. The molecule has 4 heteroatoms. The second-order valence-electron chi connectivity index (χ2n) is 4.91. The molecule has 0 aromatic heterocycles. The van der Waals surface area contributed by atoms with Crippen LogP contribution in [0.2, 0.25) is 0 Å². The first kappa shape index (κ1) is 13.9. The molecule has 20 heavy (non-hydrogen) atoms. The van der Waals surface area contributed by atoms with Gasteiger partial charge in [0.2, 0.25) is 0 Å². The molecule has 0 fully saturated rings. The summed E-state index contributed by atoms with van der Waals surface area (Å²) in [7, 11) is 1.97. The molecule has 0 atom stereocenters. The van der Waals surface area contributed by atoms with E-state index in [-0.39, 0.29) is 5.84 Å². The maximum Gasteiger partial charge on any atom is 0.172 e. The first-order chi connectivity index (χ1) is 9.52. The van der Waals surface area contributed by atoms with Crippen LogP contribution < -0.4 is 10.6 Å². The highest BCUT2D eigenvalue weighted by Gasteiger charge is 2.12. The average Bonchev–Trinajstić information content (AvgIpc) is 2.44. The Morgan fingerprint density at radius 1 is 1.10 bits per heavy atom. The fourth-order valence-corrected chi connectivity index (χ4v) is 2.32. The zero-order chi connectivity index (χ0) is 14.7. The van der Waals surface area contributed by atoms with Gasteiger partial charge in [-0.3, -0.25) is 0 Å². The number of nitrogens with two attached hydrogens (primary N) is 1. The third-order valence-electron chi connectivity index (χ3n) is 3.24. The van der Waals surface area contributed by atoms with Gasteiger partial charge >= 0.3 is 0 Å². The van der Waals surface area contributed by atoms with E-state index in [0.29, 0.717) is 5.56 Å². The van der Waals surface area contributed by atoms with Crippen molar-refractivity contribution in [1.82, 2.24) is 0 Å². The maximum atomic E-state index is 8.90. The van der Waals surface area contributed by atoms with Gasteiger partial charge in [0.25, 0.3) is 0 Å². The Balaban J connectivity index is 2.51. The molecule has 0 aliphatic rings. The second kappa shape index (κ2) is 5.65. The van der Waals surface area contributed by atoms with Crippen LogP contribution in [-0.4, -0.2) is 18.1 Å². The molecule has 3 N–H and O–H groups in total. The number of para-hydroxylation sites is 1. The van der Waals surface area contributed by atoms with E-state index in [1.165, 1.54) is 11.1 Å². The average molecular weight is 269 g/mol. The van der Waals surface area contributed by atoms with Crippen molar-refractivity contribution >= 4 is 17.2 Å². The molecule has 104 valence electrons. The Kier molecular flexibility index (Phi) is 3.94. The maximum absolute atomic E-state index is 8.90. The summed E-state index contributed by atoms with van der Waals surface area (Å²) >= 11 is 0. The minimum atomic E-state index is 0.108. The monoisotopic (exact) mass is 269 g/mol. The van der Waals surface area contributed by atoms with E-state index < -0.39 is 0 Å². The summed E-state index contributed by atoms with van der Waals surface area (Å²) in [5, 5.41) is 12.0. The molecule has 0 saturated heterocycles. The molecule has 0 aliphatic heterocycles. The Hall–Kier alpha value is -2.49. The van der Waals surface area contributed by atoms with E-state index in [1.54, 1.807) is 0 Å². The van der Waals surface area contributed by atoms with Crippen LogP contribution in [0.3, 0.4) is 0 Å². The van der Waals surface area contributed by atoms with Crippen LogP contribution in [0.1, 0.15) is 16.7 Å². The highest BCUT2D eigenvalue weighted by Crippen LogP contribution is 2.28. The number of hydrogen-bond acceptors (Lipinski definition) is 3. The van der Waals surface area contributed by atoms with E-state index in [4.69, 9.17) is 10.9 Å². The van der Waals surface area contributed by atoms with Crippen molar-refractivity contribution in [1.29, 1.82) is 0 Å². The minimum absolute atomic E-state index is 0.108. The third-order valence-corrected chi connectivity index (χ3v) is 3.24. The van der Waals surface area contributed by atoms with Crippen LogP contribution in [0.25, 0.3) is 0 Å². The normalized spacial score (nSPS) is 11.4. The topological polar surface area (TPSA) is 61.8 Å². The number of amidine groups is 1. The Morgan fingerprint density at radius 2 is 1.70 bits per heavy atom. The van der Waals surface area contributed by atoms with E-state index in [1.807, 2.05) is 36.2 Å². The molecule has 4 nitrogen and oxygen atoms in total. The Bertz CT molecular complexity index is 630. The van der Waals surface area contributed by atoms with Crippen LogP contribution in [0.15, 0.2) is 47.6 Å². The van der Waals surface area contributed by atoms with Gasteiger partial charge in [0.15, 0.2) is 5.84 Å². The Morgan fingerprint density at radius 3 is 2.30 bits per heavy atom. The molecular formula is C16H19N3O. The van der Waals surface area contributed by atoms with Crippen molar-refractivity contribution in [2.24, 2.45) is 10.9 Å². The molecular weight excluding hydrogens is 250 g/mol. The summed E-state index contributed by atoms with van der Waals surface area (Å²) in [5.41, 5.74) is 10.8. The molecule has 2 aromatic rings. The van der Waals surface area contributed by atoms with Gasteiger partial charge in [0, 0.05) is 18.3 Å². The van der Waals surface area contributed by atoms with Crippen molar-refractivity contribution in [2.75, 3.05) is 11.9 Å². The summed E-state index contributed by atoms with van der Waals surface area (Å²) < 4.78 is 0. The van der Waals surface area contributed by atoms with Gasteiger partial charge in [-0.2, -0.15) is 0 Å². The van der Waals surface area contributed by atoms with Crippen LogP contribution in [0, 0.1) is 13.8 Å². The van der Waals surface area contributed by atoms with Gasteiger partial charge in [0.1, 0.15) is 0 Å². The lowest BCUT2D eigenvalue weighted by Gasteiger charge is -2.23. The second-order valence-corrected chi connectivity index (χ2v) is 4.91. The predicted octanol–water partition coefficient (Wildman–Crippen LogP) is 3.17. The van der Waals surface area contributed by atoms with Crippen molar-refractivity contribution in [3.63, 3.8) is 0 Å². The van der Waals surface area contributed by atoms with Gasteiger partial charge < -0.3 is 15.8 Å². The lowest BCUT2D eigenvalue weighted by Crippen LogP contribution is -2.19. The van der Waals surface area contributed by atoms with Crippen LogP contribution in [0.5, 0.6) is 0 Å². The molecule has 0 unspecified atom stereocenters. The molecule has 0 saturated carbocycles. The summed E-state index contributed by atoms with van der Waals surface area (Å²) in [6, 6.07) is 13.9. The van der Waals surface area contributed by atoms with Gasteiger partial charge in [-0.1, -0.05) is 23.4 Å². The van der Waals surface area contributed by atoms with Gasteiger partial charge in [-0.05, 0) is 49.2 Å². The number of aryl methyl sites for hydroxylation is 2. The summed E-state index contributed by atoms with van der Waals surface area (Å²) in [6.07, 6.45) is 0. The molecule has 0 spiro atoms. The lowest BCUT2D eigenvalue weighted by atomic mass is 10.1.